The summed E-state index contributed by atoms with van der Waals surface area (Å²) in [5, 5.41) is 6.50. The van der Waals surface area contributed by atoms with E-state index in [1.807, 2.05) is 24.4 Å². The predicted octanol–water partition coefficient (Wildman–Crippen LogP) is 3.23. The second-order valence-electron chi connectivity index (χ2n) is 8.49. The zero-order valence-electron chi connectivity index (χ0n) is 17.4. The van der Waals surface area contributed by atoms with Gasteiger partial charge in [0.2, 0.25) is 0 Å². The molecule has 32 heavy (non-hydrogen) atoms. The number of imidazole rings is 1. The standard InChI is InChI=1S/C24H23N7O/c25-22-21-20(14-4-6-15(7-5-14)24(32)29-19-3-1-2-10-26-19)30-23(31(21)12-11-27-22)17-13-16-8-9-18(17)28-16/h1-7,10-12,16-18,28H,8-9,13H2,(H2,25,27)(H,26,29,32). The number of rotatable bonds is 4. The van der Waals surface area contributed by atoms with E-state index in [9.17, 15) is 4.79 Å². The molecular weight excluding hydrogens is 402 g/mol. The normalized spacial score (nSPS) is 21.8. The number of fused-ring (bicyclic) bond motifs is 3. The van der Waals surface area contributed by atoms with E-state index in [-0.39, 0.29) is 5.91 Å². The van der Waals surface area contributed by atoms with Crippen molar-refractivity contribution in [2.45, 2.75) is 37.3 Å². The molecule has 4 aromatic rings. The summed E-state index contributed by atoms with van der Waals surface area (Å²) in [6, 6.07) is 13.8. The van der Waals surface area contributed by atoms with Gasteiger partial charge < -0.3 is 16.4 Å². The lowest BCUT2D eigenvalue weighted by molar-refractivity contribution is 0.102. The Morgan fingerprint density at radius 1 is 1.09 bits per heavy atom. The van der Waals surface area contributed by atoms with E-state index in [0.717, 1.165) is 29.0 Å². The minimum absolute atomic E-state index is 0.208. The molecule has 0 saturated carbocycles. The van der Waals surface area contributed by atoms with Crippen LogP contribution >= 0.6 is 0 Å². The van der Waals surface area contributed by atoms with E-state index < -0.39 is 0 Å². The highest BCUT2D eigenvalue weighted by Gasteiger charge is 2.42. The molecule has 3 aromatic heterocycles. The molecule has 2 bridgehead atoms. The fourth-order valence-electron chi connectivity index (χ4n) is 5.06. The first kappa shape index (κ1) is 18.9. The van der Waals surface area contributed by atoms with Gasteiger partial charge in [0.1, 0.15) is 28.7 Å². The number of amides is 1. The van der Waals surface area contributed by atoms with E-state index in [4.69, 9.17) is 10.7 Å². The average Bonchev–Trinajstić information content (AvgIpc) is 3.55. The third kappa shape index (κ3) is 3.11. The van der Waals surface area contributed by atoms with Gasteiger partial charge in [-0.25, -0.2) is 15.0 Å². The average molecular weight is 425 g/mol. The van der Waals surface area contributed by atoms with E-state index in [0.29, 0.717) is 35.2 Å². The van der Waals surface area contributed by atoms with Gasteiger partial charge in [-0.05, 0) is 43.5 Å². The summed E-state index contributed by atoms with van der Waals surface area (Å²) in [6.45, 7) is 0. The second kappa shape index (κ2) is 7.42. The summed E-state index contributed by atoms with van der Waals surface area (Å²) in [6.07, 6.45) is 8.83. The molecule has 2 aliphatic heterocycles. The maximum Gasteiger partial charge on any atom is 0.256 e. The highest BCUT2D eigenvalue weighted by molar-refractivity contribution is 6.04. The van der Waals surface area contributed by atoms with Crippen LogP contribution in [0.3, 0.4) is 0 Å². The smallest absolute Gasteiger partial charge is 0.256 e. The number of hydrogen-bond donors (Lipinski definition) is 3. The van der Waals surface area contributed by atoms with E-state index >= 15 is 0 Å². The van der Waals surface area contributed by atoms with Crippen LogP contribution in [0.2, 0.25) is 0 Å². The molecule has 0 spiro atoms. The summed E-state index contributed by atoms with van der Waals surface area (Å²) in [7, 11) is 0. The van der Waals surface area contributed by atoms with Gasteiger partial charge in [0.05, 0.1) is 0 Å². The molecule has 2 fully saturated rings. The molecule has 8 heteroatoms. The van der Waals surface area contributed by atoms with Crippen molar-refractivity contribution in [1.29, 1.82) is 0 Å². The monoisotopic (exact) mass is 425 g/mol. The number of nitrogens with zero attached hydrogens (tertiary/aromatic N) is 4. The number of carbonyl (C=O) groups is 1. The number of anilines is 2. The van der Waals surface area contributed by atoms with Crippen molar-refractivity contribution in [2.75, 3.05) is 11.1 Å². The van der Waals surface area contributed by atoms with Gasteiger partial charge in [-0.3, -0.25) is 9.20 Å². The lowest BCUT2D eigenvalue weighted by atomic mass is 9.88. The first-order valence-corrected chi connectivity index (χ1v) is 10.9. The molecule has 1 aromatic carbocycles. The number of nitrogens with two attached hydrogens (primary N) is 1. The van der Waals surface area contributed by atoms with E-state index in [2.05, 4.69) is 25.0 Å². The highest BCUT2D eigenvalue weighted by Crippen LogP contribution is 2.41. The molecule has 6 rings (SSSR count). The van der Waals surface area contributed by atoms with Crippen molar-refractivity contribution in [3.63, 3.8) is 0 Å². The van der Waals surface area contributed by atoms with Crippen LogP contribution in [-0.2, 0) is 0 Å². The molecule has 160 valence electrons. The minimum atomic E-state index is -0.208. The maximum atomic E-state index is 12.6. The van der Waals surface area contributed by atoms with Crippen molar-refractivity contribution in [3.05, 3.63) is 72.4 Å². The van der Waals surface area contributed by atoms with Crippen molar-refractivity contribution in [1.82, 2.24) is 24.7 Å². The van der Waals surface area contributed by atoms with Gasteiger partial charge in [0.15, 0.2) is 0 Å². The van der Waals surface area contributed by atoms with Crippen LogP contribution < -0.4 is 16.4 Å². The molecule has 0 aliphatic carbocycles. The summed E-state index contributed by atoms with van der Waals surface area (Å²) in [5.74, 6) is 2.15. The van der Waals surface area contributed by atoms with Gasteiger partial charge in [0.25, 0.3) is 5.91 Å². The Balaban J connectivity index is 1.35. The Morgan fingerprint density at radius 2 is 1.97 bits per heavy atom. The van der Waals surface area contributed by atoms with E-state index in [1.54, 1.807) is 36.7 Å². The third-order valence-corrected chi connectivity index (χ3v) is 6.57. The third-order valence-electron chi connectivity index (χ3n) is 6.57. The van der Waals surface area contributed by atoms with Crippen molar-refractivity contribution in [3.8, 4) is 11.3 Å². The number of pyridine rings is 1. The van der Waals surface area contributed by atoms with Crippen LogP contribution in [0.15, 0.2) is 61.1 Å². The number of nitrogens with one attached hydrogen (secondary N) is 2. The molecular formula is C24H23N7O. The van der Waals surface area contributed by atoms with Crippen molar-refractivity contribution in [2.24, 2.45) is 0 Å². The molecule has 3 unspecified atom stereocenters. The van der Waals surface area contributed by atoms with Crippen LogP contribution in [0.25, 0.3) is 16.8 Å². The van der Waals surface area contributed by atoms with Gasteiger partial charge >= 0.3 is 0 Å². The summed E-state index contributed by atoms with van der Waals surface area (Å²) >= 11 is 0. The lowest BCUT2D eigenvalue weighted by Gasteiger charge is -2.18. The quantitative estimate of drug-likeness (QED) is 0.463. The Hall–Kier alpha value is -3.78. The number of carbonyl (C=O) groups excluding carboxylic acids is 1. The topological polar surface area (TPSA) is 110 Å². The summed E-state index contributed by atoms with van der Waals surface area (Å²) in [4.78, 5) is 26.1. The highest BCUT2D eigenvalue weighted by atomic mass is 16.1. The van der Waals surface area contributed by atoms with Gasteiger partial charge in [0, 0.05) is 47.7 Å². The Labute approximate surface area is 184 Å². The number of hydrogen-bond acceptors (Lipinski definition) is 6. The molecule has 5 heterocycles. The molecule has 2 saturated heterocycles. The maximum absolute atomic E-state index is 12.6. The first-order chi connectivity index (χ1) is 15.7. The predicted molar refractivity (Wildman–Crippen MR) is 122 cm³/mol. The molecule has 3 atom stereocenters. The molecule has 8 nitrogen and oxygen atoms in total. The van der Waals surface area contributed by atoms with Crippen LogP contribution in [0.5, 0.6) is 0 Å². The number of nitrogen functional groups attached to an aromatic ring is 1. The van der Waals surface area contributed by atoms with Crippen LogP contribution in [0.4, 0.5) is 11.6 Å². The molecule has 2 aliphatic rings. The SMILES string of the molecule is Nc1nccn2c(C3CC4CCC3N4)nc(-c3ccc(C(=O)Nc4ccccn4)cc3)c12. The van der Waals surface area contributed by atoms with E-state index in [1.165, 1.54) is 12.8 Å². The van der Waals surface area contributed by atoms with Crippen molar-refractivity contribution < 1.29 is 4.79 Å². The lowest BCUT2D eigenvalue weighted by Crippen LogP contribution is -2.22. The van der Waals surface area contributed by atoms with Gasteiger partial charge in [-0.2, -0.15) is 0 Å². The second-order valence-corrected chi connectivity index (χ2v) is 8.49. The van der Waals surface area contributed by atoms with Gasteiger partial charge in [-0.1, -0.05) is 18.2 Å². The number of aromatic nitrogens is 4. The molecule has 1 amide bonds. The van der Waals surface area contributed by atoms with Crippen LogP contribution in [0, 0.1) is 0 Å². The van der Waals surface area contributed by atoms with Crippen LogP contribution in [0.1, 0.15) is 41.4 Å². The van der Waals surface area contributed by atoms with Crippen molar-refractivity contribution >= 4 is 23.1 Å². The summed E-state index contributed by atoms with van der Waals surface area (Å²) in [5.41, 5.74) is 9.35. The zero-order chi connectivity index (χ0) is 21.7. The molecule has 0 radical (unpaired) electrons. The fourth-order valence-corrected chi connectivity index (χ4v) is 5.06. The largest absolute Gasteiger partial charge is 0.382 e. The molecule has 4 N–H and O–H groups in total. The first-order valence-electron chi connectivity index (χ1n) is 10.9. The van der Waals surface area contributed by atoms with Crippen LogP contribution in [-0.4, -0.2) is 37.3 Å². The Kier molecular flexibility index (Phi) is 4.39. The summed E-state index contributed by atoms with van der Waals surface area (Å²) < 4.78 is 2.09. The van der Waals surface area contributed by atoms with Gasteiger partial charge in [-0.15, -0.1) is 0 Å². The zero-order valence-corrected chi connectivity index (χ0v) is 17.4. The Morgan fingerprint density at radius 3 is 2.69 bits per heavy atom. The Bertz CT molecular complexity index is 1300. The fraction of sp³-hybridized carbons (Fsp3) is 0.250. The minimum Gasteiger partial charge on any atom is -0.382 e. The number of benzene rings is 1.